The Morgan fingerprint density at radius 2 is 1.74 bits per heavy atom. The zero-order valence-electron chi connectivity index (χ0n) is 16.2. The first-order chi connectivity index (χ1) is 14.8. The van der Waals surface area contributed by atoms with Crippen molar-refractivity contribution in [2.45, 2.75) is 10.1 Å². The quantitative estimate of drug-likeness (QED) is 0.463. The summed E-state index contributed by atoms with van der Waals surface area (Å²) in [7, 11) is -1.48. The second kappa shape index (κ2) is 9.32. The second-order valence-electron chi connectivity index (χ2n) is 5.43. The number of amides is 2. The van der Waals surface area contributed by atoms with E-state index in [0.29, 0.717) is 5.16 Å². The average molecular weight is 487 g/mol. The minimum absolute atomic E-state index is 0.0118. The van der Waals surface area contributed by atoms with Gasteiger partial charge in [-0.15, -0.1) is 10.1 Å². The third-order valence-corrected chi connectivity index (χ3v) is 5.94. The number of ether oxygens (including phenoxy) is 2. The highest BCUT2D eigenvalue weighted by Gasteiger charge is 2.22. The molecule has 0 unspecified atom stereocenters. The molecule has 0 saturated carbocycles. The van der Waals surface area contributed by atoms with Gasteiger partial charge >= 0.3 is 18.1 Å². The van der Waals surface area contributed by atoms with E-state index in [1.54, 1.807) is 12.3 Å². The van der Waals surface area contributed by atoms with Crippen molar-refractivity contribution in [3.63, 3.8) is 0 Å². The number of carbonyl (C=O) groups excluding carboxylic acids is 1. The normalized spacial score (nSPS) is 11.1. The highest BCUT2D eigenvalue weighted by Crippen LogP contribution is 2.21. The number of carbonyl (C=O) groups is 1. The standard InChI is InChI=1S/C15H15ClN8O5S2/c1-28-13-19-11(20-14(21-13)29-2)24-15(30-3)18-10(22-24)17-12(25)23-31(26,27)9-7-5-4-6-8(9)16/h4-7H,1-3H3,(H2,17,22,23,25). The summed E-state index contributed by atoms with van der Waals surface area (Å²) >= 11 is 7.07. The Labute approximate surface area is 185 Å². The SMILES string of the molecule is COc1nc(OC)nc(-n2nc(NC(=O)NS(=O)(=O)c3ccccc3Cl)nc2SC)n1. The number of anilines is 1. The summed E-state index contributed by atoms with van der Waals surface area (Å²) in [6.07, 6.45) is 1.71. The average Bonchev–Trinajstić information content (AvgIpc) is 3.15. The summed E-state index contributed by atoms with van der Waals surface area (Å²) in [6.45, 7) is 0. The molecule has 164 valence electrons. The molecule has 0 atom stereocenters. The minimum atomic E-state index is -4.22. The fourth-order valence-electron chi connectivity index (χ4n) is 2.19. The fraction of sp³-hybridized carbons (Fsp3) is 0.200. The Balaban J connectivity index is 1.85. The molecule has 0 fully saturated rings. The fourth-order valence-corrected chi connectivity index (χ4v) is 4.09. The van der Waals surface area contributed by atoms with Crippen molar-refractivity contribution in [2.24, 2.45) is 0 Å². The minimum Gasteiger partial charge on any atom is -0.467 e. The van der Waals surface area contributed by atoms with Gasteiger partial charge in [0.05, 0.1) is 19.2 Å². The van der Waals surface area contributed by atoms with Crippen molar-refractivity contribution in [1.29, 1.82) is 0 Å². The van der Waals surface area contributed by atoms with Gasteiger partial charge in [0.15, 0.2) is 5.16 Å². The van der Waals surface area contributed by atoms with E-state index >= 15 is 0 Å². The summed E-state index contributed by atoms with van der Waals surface area (Å²) in [4.78, 5) is 28.1. The molecule has 0 saturated heterocycles. The molecule has 0 aliphatic carbocycles. The summed E-state index contributed by atoms with van der Waals surface area (Å²) in [5.74, 6) is -0.188. The van der Waals surface area contributed by atoms with Crippen LogP contribution in [-0.2, 0) is 10.0 Å². The van der Waals surface area contributed by atoms with Crippen LogP contribution in [0.15, 0.2) is 34.3 Å². The Hall–Kier alpha value is -3.17. The first kappa shape index (κ1) is 22.5. The largest absolute Gasteiger partial charge is 0.467 e. The molecule has 0 aliphatic heterocycles. The second-order valence-corrected chi connectivity index (χ2v) is 8.26. The number of hydrogen-bond donors (Lipinski definition) is 2. The van der Waals surface area contributed by atoms with E-state index in [-0.39, 0.29) is 33.8 Å². The summed E-state index contributed by atoms with van der Waals surface area (Å²) < 4.78 is 37.8. The van der Waals surface area contributed by atoms with Gasteiger partial charge in [0, 0.05) is 0 Å². The van der Waals surface area contributed by atoms with E-state index in [0.717, 1.165) is 0 Å². The molecule has 2 aromatic heterocycles. The summed E-state index contributed by atoms with van der Waals surface area (Å²) in [6, 6.07) is 4.55. The van der Waals surface area contributed by atoms with Crippen LogP contribution in [0.2, 0.25) is 5.02 Å². The van der Waals surface area contributed by atoms with E-state index in [1.807, 2.05) is 4.72 Å². The number of thioether (sulfide) groups is 1. The molecule has 0 aliphatic rings. The van der Waals surface area contributed by atoms with E-state index in [9.17, 15) is 13.2 Å². The number of sulfonamides is 1. The van der Waals surface area contributed by atoms with E-state index in [2.05, 4.69) is 30.4 Å². The van der Waals surface area contributed by atoms with E-state index in [4.69, 9.17) is 21.1 Å². The van der Waals surface area contributed by atoms with Crippen LogP contribution in [0, 0.1) is 0 Å². The number of nitrogens with one attached hydrogen (secondary N) is 2. The zero-order chi connectivity index (χ0) is 22.6. The first-order valence-electron chi connectivity index (χ1n) is 8.21. The number of rotatable bonds is 7. The van der Waals surface area contributed by atoms with Gasteiger partial charge < -0.3 is 9.47 Å². The predicted molar refractivity (Wildman–Crippen MR) is 110 cm³/mol. The molecular weight excluding hydrogens is 472 g/mol. The van der Waals surface area contributed by atoms with Crippen molar-refractivity contribution in [3.8, 4) is 18.0 Å². The Morgan fingerprint density at radius 3 is 2.32 bits per heavy atom. The van der Waals surface area contributed by atoms with Gasteiger partial charge in [-0.05, 0) is 18.4 Å². The van der Waals surface area contributed by atoms with Crippen LogP contribution in [0.25, 0.3) is 5.95 Å². The topological polar surface area (TPSA) is 163 Å². The molecule has 0 radical (unpaired) electrons. The summed E-state index contributed by atoms with van der Waals surface area (Å²) in [5.41, 5.74) is 0. The van der Waals surface area contributed by atoms with Crippen LogP contribution in [0.3, 0.4) is 0 Å². The van der Waals surface area contributed by atoms with Crippen molar-refractivity contribution in [2.75, 3.05) is 25.8 Å². The Kier molecular flexibility index (Phi) is 6.77. The van der Waals surface area contributed by atoms with E-state index < -0.39 is 16.1 Å². The molecule has 2 amide bonds. The molecule has 0 bridgehead atoms. The van der Waals surface area contributed by atoms with Crippen LogP contribution in [0.1, 0.15) is 0 Å². The van der Waals surface area contributed by atoms with E-state index in [1.165, 1.54) is 48.9 Å². The lowest BCUT2D eigenvalue weighted by atomic mass is 10.4. The monoisotopic (exact) mass is 486 g/mol. The molecule has 3 aromatic rings. The lowest BCUT2D eigenvalue weighted by molar-refractivity contribution is 0.256. The highest BCUT2D eigenvalue weighted by atomic mass is 35.5. The number of hydrogen-bond acceptors (Lipinski definition) is 11. The van der Waals surface area contributed by atoms with Crippen LogP contribution in [0.5, 0.6) is 12.0 Å². The van der Waals surface area contributed by atoms with Gasteiger partial charge in [-0.3, -0.25) is 5.32 Å². The van der Waals surface area contributed by atoms with Crippen LogP contribution < -0.4 is 19.5 Å². The molecule has 0 spiro atoms. The zero-order valence-corrected chi connectivity index (χ0v) is 18.6. The van der Waals surface area contributed by atoms with Gasteiger partial charge in [0.1, 0.15) is 4.90 Å². The number of benzene rings is 1. The maximum absolute atomic E-state index is 12.4. The number of nitrogens with zero attached hydrogens (tertiary/aromatic N) is 6. The van der Waals surface area contributed by atoms with Crippen LogP contribution in [-0.4, -0.2) is 64.6 Å². The number of halogens is 1. The molecule has 1 aromatic carbocycles. The Bertz CT molecular complexity index is 1200. The van der Waals surface area contributed by atoms with Gasteiger partial charge in [-0.1, -0.05) is 35.5 Å². The lowest BCUT2D eigenvalue weighted by Crippen LogP contribution is -2.34. The summed E-state index contributed by atoms with van der Waals surface area (Å²) in [5, 5.41) is 6.59. The predicted octanol–water partition coefficient (Wildman–Crippen LogP) is 1.36. The molecule has 31 heavy (non-hydrogen) atoms. The van der Waals surface area contributed by atoms with Crippen LogP contribution >= 0.6 is 23.4 Å². The molecule has 3 rings (SSSR count). The third kappa shape index (κ3) is 5.12. The van der Waals surface area contributed by atoms with Crippen molar-refractivity contribution in [3.05, 3.63) is 29.3 Å². The van der Waals surface area contributed by atoms with Gasteiger partial charge in [-0.2, -0.15) is 19.6 Å². The maximum Gasteiger partial charge on any atom is 0.335 e. The van der Waals surface area contributed by atoms with Gasteiger partial charge in [-0.25, -0.2) is 17.9 Å². The van der Waals surface area contributed by atoms with Crippen molar-refractivity contribution >= 4 is 45.4 Å². The third-order valence-electron chi connectivity index (χ3n) is 3.48. The molecule has 2 N–H and O–H groups in total. The van der Waals surface area contributed by atoms with Gasteiger partial charge in [0.2, 0.25) is 0 Å². The highest BCUT2D eigenvalue weighted by molar-refractivity contribution is 7.98. The number of urea groups is 1. The lowest BCUT2D eigenvalue weighted by Gasteiger charge is -2.08. The maximum atomic E-state index is 12.4. The smallest absolute Gasteiger partial charge is 0.335 e. The molecule has 16 heteroatoms. The Morgan fingerprint density at radius 1 is 1.10 bits per heavy atom. The first-order valence-corrected chi connectivity index (χ1v) is 11.3. The number of methoxy groups -OCH3 is 2. The van der Waals surface area contributed by atoms with Gasteiger partial charge in [0.25, 0.3) is 21.9 Å². The molecule has 2 heterocycles. The van der Waals surface area contributed by atoms with Crippen molar-refractivity contribution in [1.82, 2.24) is 34.4 Å². The van der Waals surface area contributed by atoms with Crippen molar-refractivity contribution < 1.29 is 22.7 Å². The molecular formula is C15H15ClN8O5S2. The van der Waals surface area contributed by atoms with Crippen LogP contribution in [0.4, 0.5) is 10.7 Å². The number of aromatic nitrogens is 6. The molecule has 13 nitrogen and oxygen atoms in total.